The zero-order valence-corrected chi connectivity index (χ0v) is 21.9. The summed E-state index contributed by atoms with van der Waals surface area (Å²) < 4.78 is 6.43. The van der Waals surface area contributed by atoms with E-state index in [2.05, 4.69) is 10.6 Å². The highest BCUT2D eigenvalue weighted by Gasteiger charge is 2.72. The molecule has 5 atom stereocenters. The normalized spacial score (nSPS) is 29.9. The highest BCUT2D eigenvalue weighted by molar-refractivity contribution is 6.30. The van der Waals surface area contributed by atoms with Crippen molar-refractivity contribution in [2.24, 2.45) is 11.8 Å². The molecule has 3 amide bonds. The summed E-state index contributed by atoms with van der Waals surface area (Å²) in [5.74, 6) is -2.17. The van der Waals surface area contributed by atoms with Crippen LogP contribution in [0.3, 0.4) is 0 Å². The summed E-state index contributed by atoms with van der Waals surface area (Å²) >= 11 is 5.99. The van der Waals surface area contributed by atoms with Gasteiger partial charge in [0.15, 0.2) is 0 Å². The molecule has 0 radical (unpaired) electrons. The van der Waals surface area contributed by atoms with Gasteiger partial charge in [-0.25, -0.2) is 0 Å². The Morgan fingerprint density at radius 2 is 1.74 bits per heavy atom. The van der Waals surface area contributed by atoms with Crippen LogP contribution in [0.4, 0.5) is 5.69 Å². The molecular formula is C30H32ClN3O4. The number of anilines is 1. The quantitative estimate of drug-likeness (QED) is 0.524. The number of rotatable bonds is 7. The maximum absolute atomic E-state index is 14.0. The summed E-state index contributed by atoms with van der Waals surface area (Å²) in [4.78, 5) is 43.1. The average molecular weight is 534 g/mol. The molecule has 8 heteroatoms. The van der Waals surface area contributed by atoms with Crippen LogP contribution < -0.4 is 10.6 Å². The topological polar surface area (TPSA) is 87.7 Å². The fraction of sp³-hybridized carbons (Fsp3) is 0.433. The van der Waals surface area contributed by atoms with Crippen LogP contribution in [-0.4, -0.2) is 53.0 Å². The number of benzene rings is 2. The zero-order chi connectivity index (χ0) is 26.3. The first kappa shape index (κ1) is 25.1. The summed E-state index contributed by atoms with van der Waals surface area (Å²) in [5, 5.41) is 6.72. The first-order valence-corrected chi connectivity index (χ1v) is 13.9. The van der Waals surface area contributed by atoms with Crippen LogP contribution in [0.15, 0.2) is 66.7 Å². The number of nitrogens with one attached hydrogen (secondary N) is 2. The third-order valence-corrected chi connectivity index (χ3v) is 8.72. The molecule has 198 valence electrons. The van der Waals surface area contributed by atoms with Crippen molar-refractivity contribution >= 4 is 35.0 Å². The number of hydrogen-bond acceptors (Lipinski definition) is 4. The van der Waals surface area contributed by atoms with Crippen molar-refractivity contribution in [2.45, 2.75) is 62.3 Å². The molecule has 1 spiro atoms. The van der Waals surface area contributed by atoms with E-state index >= 15 is 0 Å². The Hall–Kier alpha value is -3.16. The minimum atomic E-state index is -1.15. The van der Waals surface area contributed by atoms with Crippen LogP contribution in [0.1, 0.15) is 37.7 Å². The molecule has 2 aromatic rings. The summed E-state index contributed by atoms with van der Waals surface area (Å²) in [6.07, 6.45) is 9.00. The number of hydrogen-bond donors (Lipinski definition) is 2. The van der Waals surface area contributed by atoms with Gasteiger partial charge in [-0.05, 0) is 49.1 Å². The Morgan fingerprint density at radius 1 is 1.00 bits per heavy atom. The highest BCUT2D eigenvalue weighted by atomic mass is 35.5. The molecule has 38 heavy (non-hydrogen) atoms. The number of halogens is 1. The average Bonchev–Trinajstić information content (AvgIpc) is 3.57. The van der Waals surface area contributed by atoms with Gasteiger partial charge >= 0.3 is 0 Å². The number of carbonyl (C=O) groups excluding carboxylic acids is 3. The van der Waals surface area contributed by atoms with E-state index < -0.39 is 29.6 Å². The van der Waals surface area contributed by atoms with Gasteiger partial charge in [-0.2, -0.15) is 0 Å². The van der Waals surface area contributed by atoms with E-state index in [0.29, 0.717) is 23.7 Å². The van der Waals surface area contributed by atoms with Gasteiger partial charge < -0.3 is 20.3 Å². The maximum atomic E-state index is 14.0. The molecule has 2 N–H and O–H groups in total. The van der Waals surface area contributed by atoms with Crippen LogP contribution in [0.5, 0.6) is 0 Å². The standard InChI is InChI=1S/C30H32ClN3O4/c31-20-11-13-22(14-12-20)32-27(35)24-23-15-17-30(38-23)25(24)29(37)34(18-16-19-7-3-1-4-8-19)26(30)28(36)33-21-9-5-2-6-10-21/h1,3-4,7-8,11-15,17,21,23-26H,2,5-6,9-10,16,18H2,(H,32,35)(H,33,36)/t23-,24-,25-,26-,30-/m0/s1. The molecule has 2 aromatic carbocycles. The number of ether oxygens (including phenoxy) is 1. The second kappa shape index (κ2) is 10.2. The number of carbonyl (C=O) groups is 3. The molecule has 7 nitrogen and oxygen atoms in total. The fourth-order valence-corrected chi connectivity index (χ4v) is 6.81. The third kappa shape index (κ3) is 4.41. The number of nitrogens with zero attached hydrogens (tertiary/aromatic N) is 1. The van der Waals surface area contributed by atoms with E-state index in [1.54, 1.807) is 29.2 Å². The second-order valence-corrected chi connectivity index (χ2v) is 11.2. The van der Waals surface area contributed by atoms with Crippen molar-refractivity contribution in [1.29, 1.82) is 0 Å². The van der Waals surface area contributed by atoms with Gasteiger partial charge in [-0.3, -0.25) is 14.4 Å². The van der Waals surface area contributed by atoms with Crippen molar-refractivity contribution in [3.63, 3.8) is 0 Å². The van der Waals surface area contributed by atoms with Crippen LogP contribution in [0.2, 0.25) is 5.02 Å². The molecule has 0 unspecified atom stereocenters. The van der Waals surface area contributed by atoms with Crippen molar-refractivity contribution in [1.82, 2.24) is 10.2 Å². The van der Waals surface area contributed by atoms with E-state index in [0.717, 1.165) is 31.2 Å². The van der Waals surface area contributed by atoms with Crippen molar-refractivity contribution in [3.8, 4) is 0 Å². The lowest BCUT2D eigenvalue weighted by Crippen LogP contribution is -2.56. The van der Waals surface area contributed by atoms with Crippen LogP contribution in [0.25, 0.3) is 0 Å². The molecule has 1 saturated carbocycles. The monoisotopic (exact) mass is 533 g/mol. The van der Waals surface area contributed by atoms with Gasteiger partial charge in [0.05, 0.1) is 17.9 Å². The second-order valence-electron chi connectivity index (χ2n) is 10.8. The Labute approximate surface area is 227 Å². The lowest BCUT2D eigenvalue weighted by Gasteiger charge is -2.34. The number of amides is 3. The van der Waals surface area contributed by atoms with Gasteiger partial charge in [-0.15, -0.1) is 0 Å². The van der Waals surface area contributed by atoms with Gasteiger partial charge in [0.25, 0.3) is 0 Å². The molecule has 2 saturated heterocycles. The maximum Gasteiger partial charge on any atom is 0.246 e. The van der Waals surface area contributed by atoms with Crippen molar-refractivity contribution in [2.75, 3.05) is 11.9 Å². The molecule has 6 rings (SSSR count). The molecule has 3 heterocycles. The van der Waals surface area contributed by atoms with Crippen LogP contribution in [0, 0.1) is 11.8 Å². The molecule has 2 bridgehead atoms. The van der Waals surface area contributed by atoms with Crippen LogP contribution in [-0.2, 0) is 25.5 Å². The molecular weight excluding hydrogens is 502 g/mol. The Morgan fingerprint density at radius 3 is 2.47 bits per heavy atom. The predicted molar refractivity (Wildman–Crippen MR) is 144 cm³/mol. The highest BCUT2D eigenvalue weighted by Crippen LogP contribution is 2.55. The van der Waals surface area contributed by atoms with Gasteiger partial charge in [0.1, 0.15) is 11.6 Å². The Bertz CT molecular complexity index is 1240. The molecule has 4 aliphatic rings. The largest absolute Gasteiger partial charge is 0.359 e. The molecule has 0 aromatic heterocycles. The first-order valence-electron chi connectivity index (χ1n) is 13.5. The lowest BCUT2D eigenvalue weighted by molar-refractivity contribution is -0.141. The lowest BCUT2D eigenvalue weighted by atomic mass is 9.74. The SMILES string of the molecule is O=C(Nc1ccc(Cl)cc1)[C@H]1[C@@H]2C=C[C@]3(O2)[C@@H]1C(=O)N(CCc1ccccc1)[C@H]3C(=O)NC1CCCCC1. The van der Waals surface area contributed by atoms with Gasteiger partial charge in [0.2, 0.25) is 17.7 Å². The van der Waals surface area contributed by atoms with E-state index in [4.69, 9.17) is 16.3 Å². The number of likely N-dealkylation sites (tertiary alicyclic amines) is 1. The van der Waals surface area contributed by atoms with E-state index in [-0.39, 0.29) is 23.8 Å². The molecule has 3 aliphatic heterocycles. The van der Waals surface area contributed by atoms with E-state index in [1.165, 1.54) is 6.42 Å². The van der Waals surface area contributed by atoms with Crippen molar-refractivity contribution in [3.05, 3.63) is 77.3 Å². The molecule has 3 fully saturated rings. The summed E-state index contributed by atoms with van der Waals surface area (Å²) in [6, 6.07) is 16.0. The Kier molecular flexibility index (Phi) is 6.74. The minimum Gasteiger partial charge on any atom is -0.359 e. The first-order chi connectivity index (χ1) is 18.5. The third-order valence-electron chi connectivity index (χ3n) is 8.47. The Balaban J connectivity index is 1.29. The molecule has 1 aliphatic carbocycles. The van der Waals surface area contributed by atoms with Gasteiger partial charge in [0, 0.05) is 23.3 Å². The minimum absolute atomic E-state index is 0.101. The fourth-order valence-electron chi connectivity index (χ4n) is 6.69. The van der Waals surface area contributed by atoms with E-state index in [1.807, 2.05) is 42.5 Å². The smallest absolute Gasteiger partial charge is 0.246 e. The van der Waals surface area contributed by atoms with E-state index in [9.17, 15) is 14.4 Å². The summed E-state index contributed by atoms with van der Waals surface area (Å²) in [7, 11) is 0. The zero-order valence-electron chi connectivity index (χ0n) is 21.1. The van der Waals surface area contributed by atoms with Crippen LogP contribution >= 0.6 is 11.6 Å². The summed E-state index contributed by atoms with van der Waals surface area (Å²) in [5.41, 5.74) is 0.524. The predicted octanol–water partition coefficient (Wildman–Crippen LogP) is 4.12. The van der Waals surface area contributed by atoms with Crippen molar-refractivity contribution < 1.29 is 19.1 Å². The van der Waals surface area contributed by atoms with Gasteiger partial charge in [-0.1, -0.05) is 73.3 Å². The summed E-state index contributed by atoms with van der Waals surface area (Å²) in [6.45, 7) is 0.372. The number of fused-ring (bicyclic) bond motifs is 1.